The molecule has 0 fully saturated rings. The van der Waals surface area contributed by atoms with Gasteiger partial charge in [-0.05, 0) is 35.9 Å². The normalized spacial score (nSPS) is 10.9. The number of methoxy groups -OCH3 is 2. The second kappa shape index (κ2) is 8.22. The minimum atomic E-state index is -0.286. The zero-order valence-corrected chi connectivity index (χ0v) is 15.3. The highest BCUT2D eigenvalue weighted by Crippen LogP contribution is 2.27. The fourth-order valence-electron chi connectivity index (χ4n) is 2.53. The van der Waals surface area contributed by atoms with Crippen LogP contribution in [0.3, 0.4) is 0 Å². The van der Waals surface area contributed by atoms with Crippen LogP contribution in [0.4, 0.5) is 5.69 Å². The molecule has 1 amide bonds. The van der Waals surface area contributed by atoms with Crippen molar-refractivity contribution in [2.45, 2.75) is 6.54 Å². The molecule has 2 aromatic heterocycles. The third-order valence-electron chi connectivity index (χ3n) is 3.90. The van der Waals surface area contributed by atoms with Crippen LogP contribution in [-0.4, -0.2) is 36.1 Å². The van der Waals surface area contributed by atoms with Gasteiger partial charge < -0.3 is 19.2 Å². The Kier molecular flexibility index (Phi) is 5.55. The number of carbonyl (C=O) groups is 1. The summed E-state index contributed by atoms with van der Waals surface area (Å²) < 4.78 is 17.2. The number of rotatable bonds is 7. The van der Waals surface area contributed by atoms with E-state index in [9.17, 15) is 4.79 Å². The summed E-state index contributed by atoms with van der Waals surface area (Å²) in [7, 11) is 4.84. The van der Waals surface area contributed by atoms with Crippen LogP contribution in [0.15, 0.2) is 52.2 Å². The van der Waals surface area contributed by atoms with Crippen molar-refractivity contribution in [2.75, 3.05) is 14.2 Å². The summed E-state index contributed by atoms with van der Waals surface area (Å²) in [6, 6.07) is 9.00. The van der Waals surface area contributed by atoms with Crippen molar-refractivity contribution in [3.05, 3.63) is 59.8 Å². The van der Waals surface area contributed by atoms with E-state index in [4.69, 9.17) is 13.9 Å². The molecule has 0 saturated heterocycles. The van der Waals surface area contributed by atoms with Crippen LogP contribution < -0.4 is 14.8 Å². The van der Waals surface area contributed by atoms with Crippen molar-refractivity contribution in [2.24, 2.45) is 12.0 Å². The molecule has 0 bridgehead atoms. The standard InChI is InChI=1S/C19H20N4O4/c1-23-18(19(24)21-11-14-5-4-8-27-14)15(12-22-23)20-10-13-6-7-16(25-2)17(9-13)26-3/h4-10,12H,11H2,1-3H3,(H,21,24). The number of benzene rings is 1. The van der Waals surface area contributed by atoms with Crippen molar-refractivity contribution in [3.8, 4) is 11.5 Å². The van der Waals surface area contributed by atoms with Gasteiger partial charge in [-0.25, -0.2) is 0 Å². The zero-order chi connectivity index (χ0) is 19.2. The van der Waals surface area contributed by atoms with Gasteiger partial charge in [-0.1, -0.05) is 0 Å². The Hall–Kier alpha value is -3.55. The van der Waals surface area contributed by atoms with Gasteiger partial charge in [-0.2, -0.15) is 5.10 Å². The molecule has 8 nitrogen and oxygen atoms in total. The van der Waals surface area contributed by atoms with Crippen LogP contribution in [0.1, 0.15) is 21.8 Å². The average molecular weight is 368 g/mol. The van der Waals surface area contributed by atoms with E-state index in [1.165, 1.54) is 4.68 Å². The van der Waals surface area contributed by atoms with Crippen LogP contribution >= 0.6 is 0 Å². The molecule has 0 spiro atoms. The maximum atomic E-state index is 12.5. The largest absolute Gasteiger partial charge is 0.493 e. The smallest absolute Gasteiger partial charge is 0.272 e. The van der Waals surface area contributed by atoms with E-state index in [1.807, 2.05) is 6.07 Å². The van der Waals surface area contributed by atoms with Crippen molar-refractivity contribution in [3.63, 3.8) is 0 Å². The van der Waals surface area contributed by atoms with Crippen molar-refractivity contribution in [1.82, 2.24) is 15.1 Å². The van der Waals surface area contributed by atoms with Crippen LogP contribution in [0.2, 0.25) is 0 Å². The van der Waals surface area contributed by atoms with Gasteiger partial charge >= 0.3 is 0 Å². The van der Waals surface area contributed by atoms with E-state index in [0.29, 0.717) is 28.6 Å². The predicted octanol–water partition coefficient (Wildman–Crippen LogP) is 2.71. The Morgan fingerprint density at radius 1 is 1.30 bits per heavy atom. The molecule has 0 aliphatic rings. The third-order valence-corrected chi connectivity index (χ3v) is 3.90. The number of amides is 1. The molecule has 1 N–H and O–H groups in total. The number of hydrogen-bond acceptors (Lipinski definition) is 6. The van der Waals surface area contributed by atoms with Crippen molar-refractivity contribution < 1.29 is 18.7 Å². The van der Waals surface area contributed by atoms with Gasteiger partial charge in [0.1, 0.15) is 11.4 Å². The Morgan fingerprint density at radius 2 is 2.11 bits per heavy atom. The molecule has 0 radical (unpaired) electrons. The topological polar surface area (TPSA) is 90.9 Å². The summed E-state index contributed by atoms with van der Waals surface area (Å²) in [5.74, 6) is 1.62. The fraction of sp³-hybridized carbons (Fsp3) is 0.211. The molecule has 0 unspecified atom stereocenters. The summed E-state index contributed by atoms with van der Waals surface area (Å²) in [6.07, 6.45) is 4.74. The lowest BCUT2D eigenvalue weighted by Crippen LogP contribution is -2.25. The molecule has 0 saturated carbocycles. The number of nitrogens with one attached hydrogen (secondary N) is 1. The zero-order valence-electron chi connectivity index (χ0n) is 15.3. The van der Waals surface area contributed by atoms with Gasteiger partial charge in [0.25, 0.3) is 5.91 Å². The lowest BCUT2D eigenvalue weighted by molar-refractivity contribution is 0.0939. The van der Waals surface area contributed by atoms with E-state index in [2.05, 4.69) is 15.4 Å². The van der Waals surface area contributed by atoms with Crippen LogP contribution in [0, 0.1) is 0 Å². The number of hydrogen-bond donors (Lipinski definition) is 1. The minimum absolute atomic E-state index is 0.286. The van der Waals surface area contributed by atoms with Gasteiger partial charge in [0, 0.05) is 13.3 Å². The second-order valence-corrected chi connectivity index (χ2v) is 5.64. The molecule has 0 aliphatic carbocycles. The SMILES string of the molecule is COc1ccc(C=Nc2cnn(C)c2C(=O)NCc2ccco2)cc1OC. The lowest BCUT2D eigenvalue weighted by Gasteiger charge is -2.07. The molecule has 0 aliphatic heterocycles. The highest BCUT2D eigenvalue weighted by molar-refractivity contribution is 5.98. The molecule has 3 rings (SSSR count). The first-order chi connectivity index (χ1) is 13.1. The molecular formula is C19H20N4O4. The molecular weight excluding hydrogens is 348 g/mol. The molecule has 140 valence electrons. The van der Waals surface area contributed by atoms with Gasteiger partial charge in [-0.15, -0.1) is 0 Å². The first-order valence-electron chi connectivity index (χ1n) is 8.21. The number of furan rings is 1. The van der Waals surface area contributed by atoms with Gasteiger partial charge in [-0.3, -0.25) is 14.5 Å². The molecule has 2 heterocycles. The quantitative estimate of drug-likeness (QED) is 0.648. The highest BCUT2D eigenvalue weighted by Gasteiger charge is 2.16. The second-order valence-electron chi connectivity index (χ2n) is 5.64. The maximum Gasteiger partial charge on any atom is 0.272 e. The minimum Gasteiger partial charge on any atom is -0.493 e. The molecule has 0 atom stereocenters. The van der Waals surface area contributed by atoms with Crippen molar-refractivity contribution >= 4 is 17.8 Å². The van der Waals surface area contributed by atoms with E-state index in [-0.39, 0.29) is 12.5 Å². The number of aryl methyl sites for hydroxylation is 1. The maximum absolute atomic E-state index is 12.5. The highest BCUT2D eigenvalue weighted by atomic mass is 16.5. The summed E-state index contributed by atoms with van der Waals surface area (Å²) in [4.78, 5) is 16.9. The average Bonchev–Trinajstić information content (AvgIpc) is 3.33. The van der Waals surface area contributed by atoms with Crippen LogP contribution in [0.25, 0.3) is 0 Å². The van der Waals surface area contributed by atoms with Crippen molar-refractivity contribution in [1.29, 1.82) is 0 Å². The van der Waals surface area contributed by atoms with Crippen LogP contribution in [0.5, 0.6) is 11.5 Å². The molecule has 8 heteroatoms. The van der Waals surface area contributed by atoms with E-state index in [0.717, 1.165) is 5.56 Å². The third kappa shape index (κ3) is 4.17. The van der Waals surface area contributed by atoms with E-state index in [1.54, 1.807) is 64.2 Å². The summed E-state index contributed by atoms with van der Waals surface area (Å²) >= 11 is 0. The fourth-order valence-corrected chi connectivity index (χ4v) is 2.53. The number of nitrogens with zero attached hydrogens (tertiary/aromatic N) is 3. The number of carbonyl (C=O) groups excluding carboxylic acids is 1. The predicted molar refractivity (Wildman–Crippen MR) is 99.9 cm³/mol. The summed E-state index contributed by atoms with van der Waals surface area (Å²) in [5, 5.41) is 6.93. The van der Waals surface area contributed by atoms with Gasteiger partial charge in [0.15, 0.2) is 17.2 Å². The Balaban J connectivity index is 1.77. The molecule has 1 aromatic carbocycles. The van der Waals surface area contributed by atoms with E-state index >= 15 is 0 Å². The molecule has 3 aromatic rings. The van der Waals surface area contributed by atoms with E-state index < -0.39 is 0 Å². The van der Waals surface area contributed by atoms with Gasteiger partial charge in [0.2, 0.25) is 0 Å². The summed E-state index contributed by atoms with van der Waals surface area (Å²) in [5.41, 5.74) is 1.63. The Labute approximate surface area is 156 Å². The first kappa shape index (κ1) is 18.2. The monoisotopic (exact) mass is 368 g/mol. The number of aromatic nitrogens is 2. The Morgan fingerprint density at radius 3 is 2.81 bits per heavy atom. The summed E-state index contributed by atoms with van der Waals surface area (Å²) in [6.45, 7) is 0.288. The lowest BCUT2D eigenvalue weighted by atomic mass is 10.2. The van der Waals surface area contributed by atoms with Gasteiger partial charge in [0.05, 0.1) is 33.2 Å². The number of ether oxygens (including phenoxy) is 2. The first-order valence-corrected chi connectivity index (χ1v) is 8.21. The molecule has 27 heavy (non-hydrogen) atoms. The Bertz CT molecular complexity index is 945. The van der Waals surface area contributed by atoms with Crippen LogP contribution in [-0.2, 0) is 13.6 Å². The number of aliphatic imine (C=N–C) groups is 1.